The van der Waals surface area contributed by atoms with E-state index in [-0.39, 0.29) is 31.4 Å². The topological polar surface area (TPSA) is 251 Å². The van der Waals surface area contributed by atoms with Crippen LogP contribution in [0.15, 0.2) is 24.3 Å². The fourth-order valence-electron chi connectivity index (χ4n) is 3.01. The van der Waals surface area contributed by atoms with E-state index in [1.807, 2.05) is 0 Å². The first-order valence-electron chi connectivity index (χ1n) is 11.0. The lowest BCUT2D eigenvalue weighted by molar-refractivity contribution is -0.142. The van der Waals surface area contributed by atoms with Gasteiger partial charge in [-0.05, 0) is 37.5 Å². The van der Waals surface area contributed by atoms with E-state index in [1.54, 1.807) is 0 Å². The zero-order valence-corrected chi connectivity index (χ0v) is 19.6. The number of rotatable bonds is 15. The number of aliphatic carboxylic acids is 2. The highest BCUT2D eigenvalue weighted by molar-refractivity contribution is 5.94. The van der Waals surface area contributed by atoms with Crippen LogP contribution in [0, 0.1) is 0 Å². The normalized spacial score (nSPS) is 13.9. The van der Waals surface area contributed by atoms with Gasteiger partial charge in [-0.1, -0.05) is 12.1 Å². The number of nitrogens with one attached hydrogen (secondary N) is 3. The highest BCUT2D eigenvalue weighted by atomic mass is 16.4. The van der Waals surface area contributed by atoms with Crippen LogP contribution in [0.2, 0.25) is 0 Å². The summed E-state index contributed by atoms with van der Waals surface area (Å²) in [5, 5.41) is 34.8. The summed E-state index contributed by atoms with van der Waals surface area (Å²) in [5.41, 5.74) is 11.1. The molecule has 14 heteroatoms. The summed E-state index contributed by atoms with van der Waals surface area (Å²) in [6.45, 7) is 1.35. The molecule has 0 heterocycles. The number of carboxylic acids is 2. The molecule has 14 nitrogen and oxygen atoms in total. The van der Waals surface area contributed by atoms with Crippen molar-refractivity contribution < 1.29 is 44.1 Å². The summed E-state index contributed by atoms with van der Waals surface area (Å²) >= 11 is 0. The average Bonchev–Trinajstić information content (AvgIpc) is 2.79. The molecule has 1 aromatic carbocycles. The second-order valence-electron chi connectivity index (χ2n) is 8.12. The van der Waals surface area contributed by atoms with Gasteiger partial charge in [0.05, 0.1) is 6.04 Å². The standard InChI is InChI=1S/C22H31N5O9/c1-11(23)19(32)25-15(7-9-18(30)31)20(33)26-14(6-8-17(24)29)21(34)27-16(22(35)36)10-12-2-4-13(28)5-3-12/h2-5,11,14-16,28H,6-10,23H2,1H3,(H2,24,29)(H,25,32)(H,26,33)(H,27,34)(H,30,31)(H,35,36). The lowest BCUT2D eigenvalue weighted by Gasteiger charge is -2.24. The Labute approximate surface area is 206 Å². The van der Waals surface area contributed by atoms with Gasteiger partial charge in [-0.3, -0.25) is 24.0 Å². The Hall–Kier alpha value is -4.20. The van der Waals surface area contributed by atoms with Crippen LogP contribution in [0.1, 0.15) is 38.2 Å². The smallest absolute Gasteiger partial charge is 0.326 e. The molecule has 0 fully saturated rings. The van der Waals surface area contributed by atoms with Crippen molar-refractivity contribution >= 4 is 35.6 Å². The number of phenols is 1. The number of benzene rings is 1. The van der Waals surface area contributed by atoms with Gasteiger partial charge in [0.1, 0.15) is 23.9 Å². The van der Waals surface area contributed by atoms with Gasteiger partial charge in [-0.2, -0.15) is 0 Å². The quantitative estimate of drug-likeness (QED) is 0.128. The average molecular weight is 510 g/mol. The lowest BCUT2D eigenvalue weighted by atomic mass is 10.0. The first kappa shape index (κ1) is 29.8. The number of phenolic OH excluding ortho intramolecular Hbond substituents is 1. The number of nitrogens with two attached hydrogens (primary N) is 2. The molecule has 1 rings (SSSR count). The molecule has 0 saturated carbocycles. The van der Waals surface area contributed by atoms with Crippen LogP contribution in [0.5, 0.6) is 5.75 Å². The van der Waals surface area contributed by atoms with E-state index in [4.69, 9.17) is 16.6 Å². The molecule has 10 N–H and O–H groups in total. The van der Waals surface area contributed by atoms with E-state index in [9.17, 15) is 39.0 Å². The maximum atomic E-state index is 12.9. The maximum Gasteiger partial charge on any atom is 0.326 e. The number of hydrogen-bond donors (Lipinski definition) is 8. The summed E-state index contributed by atoms with van der Waals surface area (Å²) < 4.78 is 0. The molecule has 4 amide bonds. The van der Waals surface area contributed by atoms with E-state index in [1.165, 1.54) is 31.2 Å². The Morgan fingerprint density at radius 3 is 1.72 bits per heavy atom. The maximum absolute atomic E-state index is 12.9. The van der Waals surface area contributed by atoms with Crippen molar-refractivity contribution in [1.29, 1.82) is 0 Å². The van der Waals surface area contributed by atoms with Crippen LogP contribution in [0.4, 0.5) is 0 Å². The number of carbonyl (C=O) groups is 6. The van der Waals surface area contributed by atoms with Crippen molar-refractivity contribution in [3.63, 3.8) is 0 Å². The molecule has 0 spiro atoms. The van der Waals surface area contributed by atoms with Crippen LogP contribution in [-0.4, -0.2) is 75.1 Å². The molecule has 0 aromatic heterocycles. The minimum absolute atomic E-state index is 0.0301. The van der Waals surface area contributed by atoms with Crippen molar-refractivity contribution in [2.24, 2.45) is 11.5 Å². The van der Waals surface area contributed by atoms with Crippen molar-refractivity contribution in [3.05, 3.63) is 29.8 Å². The van der Waals surface area contributed by atoms with Gasteiger partial charge in [-0.15, -0.1) is 0 Å². The van der Waals surface area contributed by atoms with Gasteiger partial charge in [0.25, 0.3) is 0 Å². The predicted octanol–water partition coefficient (Wildman–Crippen LogP) is -2.05. The number of carbonyl (C=O) groups excluding carboxylic acids is 4. The Bertz CT molecular complexity index is 965. The van der Waals surface area contributed by atoms with Crippen LogP contribution in [0.3, 0.4) is 0 Å². The Morgan fingerprint density at radius 2 is 1.28 bits per heavy atom. The van der Waals surface area contributed by atoms with Gasteiger partial charge in [0, 0.05) is 19.3 Å². The van der Waals surface area contributed by atoms with Gasteiger partial charge in [0.2, 0.25) is 23.6 Å². The molecule has 36 heavy (non-hydrogen) atoms. The highest BCUT2D eigenvalue weighted by Gasteiger charge is 2.30. The van der Waals surface area contributed by atoms with Crippen molar-refractivity contribution in [1.82, 2.24) is 16.0 Å². The van der Waals surface area contributed by atoms with Gasteiger partial charge < -0.3 is 42.7 Å². The Morgan fingerprint density at radius 1 is 0.806 bits per heavy atom. The van der Waals surface area contributed by atoms with Gasteiger partial charge in [0.15, 0.2) is 0 Å². The molecular weight excluding hydrogens is 478 g/mol. The molecular formula is C22H31N5O9. The molecule has 0 radical (unpaired) electrons. The van der Waals surface area contributed by atoms with Gasteiger partial charge >= 0.3 is 11.9 Å². The third kappa shape index (κ3) is 10.8. The zero-order valence-electron chi connectivity index (χ0n) is 19.6. The lowest BCUT2D eigenvalue weighted by Crippen LogP contribution is -2.57. The molecule has 0 aliphatic heterocycles. The fraction of sp³-hybridized carbons (Fsp3) is 0.455. The molecule has 0 saturated heterocycles. The van der Waals surface area contributed by atoms with E-state index in [2.05, 4.69) is 16.0 Å². The molecule has 0 bridgehead atoms. The summed E-state index contributed by atoms with van der Waals surface area (Å²) in [5.74, 6) is -6.03. The number of amides is 4. The monoisotopic (exact) mass is 509 g/mol. The minimum atomic E-state index is -1.42. The molecule has 0 aliphatic carbocycles. The summed E-state index contributed by atoms with van der Waals surface area (Å²) in [6.07, 6.45) is -1.57. The number of carboxylic acid groups (broad SMARTS) is 2. The number of aromatic hydroxyl groups is 1. The fourth-order valence-corrected chi connectivity index (χ4v) is 3.01. The number of primary amides is 1. The summed E-state index contributed by atoms with van der Waals surface area (Å²) in [6, 6.07) is 0.419. The first-order valence-corrected chi connectivity index (χ1v) is 11.0. The summed E-state index contributed by atoms with van der Waals surface area (Å²) in [4.78, 5) is 71.6. The Kier molecular flexibility index (Phi) is 11.8. The molecule has 198 valence electrons. The second-order valence-corrected chi connectivity index (χ2v) is 8.12. The second kappa shape index (κ2) is 14.3. The van der Waals surface area contributed by atoms with Crippen LogP contribution in [-0.2, 0) is 35.2 Å². The predicted molar refractivity (Wildman–Crippen MR) is 124 cm³/mol. The largest absolute Gasteiger partial charge is 0.508 e. The third-order valence-corrected chi connectivity index (χ3v) is 5.00. The van der Waals surface area contributed by atoms with Crippen molar-refractivity contribution in [3.8, 4) is 5.75 Å². The first-order chi connectivity index (χ1) is 16.8. The molecule has 4 unspecified atom stereocenters. The Balaban J connectivity index is 3.05. The molecule has 0 aliphatic rings. The SMILES string of the molecule is CC(N)C(=O)NC(CCC(=O)O)C(=O)NC(CCC(N)=O)C(=O)NC(Cc1ccc(O)cc1)C(=O)O. The van der Waals surface area contributed by atoms with E-state index in [0.29, 0.717) is 5.56 Å². The zero-order chi connectivity index (χ0) is 27.4. The molecule has 4 atom stereocenters. The van der Waals surface area contributed by atoms with Crippen LogP contribution in [0.25, 0.3) is 0 Å². The van der Waals surface area contributed by atoms with E-state index < -0.39 is 66.2 Å². The van der Waals surface area contributed by atoms with Crippen LogP contribution >= 0.6 is 0 Å². The summed E-state index contributed by atoms with van der Waals surface area (Å²) in [7, 11) is 0. The van der Waals surface area contributed by atoms with Crippen LogP contribution < -0.4 is 27.4 Å². The van der Waals surface area contributed by atoms with E-state index in [0.717, 1.165) is 0 Å². The van der Waals surface area contributed by atoms with E-state index >= 15 is 0 Å². The highest BCUT2D eigenvalue weighted by Crippen LogP contribution is 2.12. The number of hydrogen-bond acceptors (Lipinski definition) is 8. The van der Waals surface area contributed by atoms with Crippen molar-refractivity contribution in [2.45, 2.75) is 63.2 Å². The van der Waals surface area contributed by atoms with Crippen molar-refractivity contribution in [2.75, 3.05) is 0 Å². The third-order valence-electron chi connectivity index (χ3n) is 5.00. The minimum Gasteiger partial charge on any atom is -0.508 e. The van der Waals surface area contributed by atoms with Gasteiger partial charge in [-0.25, -0.2) is 4.79 Å². The molecule has 1 aromatic rings.